The van der Waals surface area contributed by atoms with Gasteiger partial charge in [-0.1, -0.05) is 30.3 Å². The number of aromatic amines is 1. The summed E-state index contributed by atoms with van der Waals surface area (Å²) in [5, 5.41) is 8.09. The highest BCUT2D eigenvalue weighted by atomic mass is 16.5. The molecule has 0 amide bonds. The third-order valence-electron chi connectivity index (χ3n) is 4.60. The first-order valence-electron chi connectivity index (χ1n) is 8.84. The predicted molar refractivity (Wildman–Crippen MR) is 101 cm³/mol. The average molecular weight is 383 g/mol. The summed E-state index contributed by atoms with van der Waals surface area (Å²) in [5.41, 5.74) is 7.59. The van der Waals surface area contributed by atoms with Gasteiger partial charge in [-0.25, -0.2) is 9.79 Å². The first-order valence-corrected chi connectivity index (χ1v) is 8.84. The van der Waals surface area contributed by atoms with E-state index in [1.165, 1.54) is 0 Å². The molecule has 1 atom stereocenters. The second-order valence-corrected chi connectivity index (χ2v) is 6.47. The van der Waals surface area contributed by atoms with Crippen LogP contribution < -0.4 is 11.4 Å². The molecule has 0 fully saturated rings. The minimum Gasteiger partial charge on any atom is -0.418 e. The molecule has 3 aromatic rings. The average Bonchev–Trinajstić information content (AvgIpc) is 3.29. The molecule has 2 aromatic heterocycles. The maximum atomic E-state index is 12.5. The summed E-state index contributed by atoms with van der Waals surface area (Å²) in [4.78, 5) is 21.7. The number of hydrogen-bond donors (Lipinski definition) is 2. The topological polar surface area (TPSA) is 128 Å². The van der Waals surface area contributed by atoms with Gasteiger partial charge in [0.25, 0.3) is 5.89 Å². The van der Waals surface area contributed by atoms with Gasteiger partial charge < -0.3 is 24.8 Å². The van der Waals surface area contributed by atoms with Gasteiger partial charge in [-0.2, -0.15) is 0 Å². The number of benzene rings is 1. The zero-order valence-electron chi connectivity index (χ0n) is 15.6. The summed E-state index contributed by atoms with van der Waals surface area (Å²) in [6, 6.07) is 9.68. The molecular weight excluding hydrogens is 362 g/mol. The molecule has 0 spiro atoms. The van der Waals surface area contributed by atoms with Crippen LogP contribution in [0.3, 0.4) is 0 Å². The molecule has 28 heavy (non-hydrogen) atoms. The van der Waals surface area contributed by atoms with Gasteiger partial charge >= 0.3 is 5.69 Å². The van der Waals surface area contributed by atoms with Crippen molar-refractivity contribution < 1.29 is 9.15 Å². The predicted octanol–water partition coefficient (Wildman–Crippen LogP) is 0.778. The highest BCUT2D eigenvalue weighted by Gasteiger charge is 2.32. The highest BCUT2D eigenvalue weighted by molar-refractivity contribution is 5.97. The summed E-state index contributed by atoms with van der Waals surface area (Å²) >= 11 is 0. The number of methoxy groups -OCH3 is 1. The number of amidine groups is 1. The van der Waals surface area contributed by atoms with E-state index in [-0.39, 0.29) is 11.6 Å². The molecule has 3 heterocycles. The molecular formula is C18H21N7O3. The number of H-pyrrole nitrogens is 1. The van der Waals surface area contributed by atoms with E-state index in [2.05, 4.69) is 20.2 Å². The van der Waals surface area contributed by atoms with Crippen molar-refractivity contribution in [2.45, 2.75) is 19.1 Å². The van der Waals surface area contributed by atoms with E-state index in [0.29, 0.717) is 42.8 Å². The lowest BCUT2D eigenvalue weighted by molar-refractivity contribution is 0.195. The van der Waals surface area contributed by atoms with E-state index in [1.807, 2.05) is 30.3 Å². The number of rotatable bonds is 6. The molecule has 1 aliphatic heterocycles. The molecule has 10 nitrogen and oxygen atoms in total. The molecule has 1 aromatic carbocycles. The van der Waals surface area contributed by atoms with E-state index in [1.54, 1.807) is 23.6 Å². The number of imidazole rings is 1. The standard InChI is InChI=1S/C18H21N7O3/c1-24-14(19)13-15(21-16(24)17-23-22-12(28-17)8-9-27-2)25(18(26)20-13)10-11-6-4-3-5-7-11/h3-7,14H,8-10,19H2,1-2H3,(H,20,26). The number of aromatic nitrogens is 4. The molecule has 0 saturated carbocycles. The van der Waals surface area contributed by atoms with Crippen LogP contribution in [0.5, 0.6) is 0 Å². The van der Waals surface area contributed by atoms with Crippen LogP contribution in [0.4, 0.5) is 5.82 Å². The number of ether oxygens (including phenoxy) is 1. The van der Waals surface area contributed by atoms with Gasteiger partial charge in [0, 0.05) is 20.6 Å². The van der Waals surface area contributed by atoms with Gasteiger partial charge in [0.1, 0.15) is 11.9 Å². The Labute approximate surface area is 160 Å². The zero-order chi connectivity index (χ0) is 19.7. The summed E-state index contributed by atoms with van der Waals surface area (Å²) < 4.78 is 12.3. The minimum atomic E-state index is -0.596. The van der Waals surface area contributed by atoms with Crippen LogP contribution in [0.2, 0.25) is 0 Å². The van der Waals surface area contributed by atoms with Gasteiger partial charge in [0.2, 0.25) is 5.89 Å². The van der Waals surface area contributed by atoms with Crippen molar-refractivity contribution in [2.75, 3.05) is 20.8 Å². The number of nitrogens with one attached hydrogen (secondary N) is 1. The van der Waals surface area contributed by atoms with E-state index in [9.17, 15) is 4.79 Å². The van der Waals surface area contributed by atoms with Gasteiger partial charge in [-0.3, -0.25) is 4.57 Å². The lowest BCUT2D eigenvalue weighted by Gasteiger charge is -2.29. The minimum absolute atomic E-state index is 0.245. The van der Waals surface area contributed by atoms with Crippen molar-refractivity contribution in [3.63, 3.8) is 0 Å². The normalized spacial score (nSPS) is 16.2. The van der Waals surface area contributed by atoms with E-state index < -0.39 is 6.17 Å². The number of nitrogens with two attached hydrogens (primary N) is 1. The molecule has 0 aliphatic carbocycles. The van der Waals surface area contributed by atoms with Crippen molar-refractivity contribution in [1.29, 1.82) is 0 Å². The Hall–Kier alpha value is -3.24. The second kappa shape index (κ2) is 7.41. The van der Waals surface area contributed by atoms with Crippen LogP contribution in [-0.4, -0.2) is 51.2 Å². The SMILES string of the molecule is COCCc1nnc(C2=Nc3c([nH]c(=O)n3Cc3ccccc3)C(N)N2C)o1. The molecule has 0 radical (unpaired) electrons. The smallest absolute Gasteiger partial charge is 0.327 e. The van der Waals surface area contributed by atoms with E-state index >= 15 is 0 Å². The first-order chi connectivity index (χ1) is 13.6. The van der Waals surface area contributed by atoms with Crippen molar-refractivity contribution >= 4 is 11.7 Å². The molecule has 1 aliphatic rings. The Balaban J connectivity index is 1.73. The second-order valence-electron chi connectivity index (χ2n) is 6.47. The van der Waals surface area contributed by atoms with Crippen molar-refractivity contribution in [2.24, 2.45) is 10.7 Å². The van der Waals surface area contributed by atoms with E-state index in [4.69, 9.17) is 14.9 Å². The maximum Gasteiger partial charge on any atom is 0.327 e. The first kappa shape index (κ1) is 18.1. The van der Waals surface area contributed by atoms with Crippen LogP contribution >= 0.6 is 0 Å². The van der Waals surface area contributed by atoms with Gasteiger partial charge in [0.15, 0.2) is 11.7 Å². The highest BCUT2D eigenvalue weighted by Crippen LogP contribution is 2.30. The fourth-order valence-corrected chi connectivity index (χ4v) is 3.06. The van der Waals surface area contributed by atoms with Gasteiger partial charge in [0.05, 0.1) is 13.2 Å². The largest absolute Gasteiger partial charge is 0.418 e. The van der Waals surface area contributed by atoms with Crippen LogP contribution in [0.15, 0.2) is 44.5 Å². The van der Waals surface area contributed by atoms with E-state index in [0.717, 1.165) is 5.56 Å². The summed E-state index contributed by atoms with van der Waals surface area (Å²) in [6.45, 7) is 0.851. The van der Waals surface area contributed by atoms with Gasteiger partial charge in [-0.15, -0.1) is 10.2 Å². The summed E-state index contributed by atoms with van der Waals surface area (Å²) in [7, 11) is 3.37. The molecule has 1 unspecified atom stereocenters. The monoisotopic (exact) mass is 383 g/mol. The molecule has 0 saturated heterocycles. The van der Waals surface area contributed by atoms with Crippen LogP contribution in [-0.2, 0) is 17.7 Å². The zero-order valence-corrected chi connectivity index (χ0v) is 15.6. The molecule has 4 rings (SSSR count). The Morgan fingerprint density at radius 3 is 2.82 bits per heavy atom. The van der Waals surface area contributed by atoms with Crippen molar-refractivity contribution in [3.05, 3.63) is 63.9 Å². The lowest BCUT2D eigenvalue weighted by atomic mass is 10.2. The Kier molecular flexibility index (Phi) is 4.80. The number of hydrogen-bond acceptors (Lipinski definition) is 8. The number of fused-ring (bicyclic) bond motifs is 1. The van der Waals surface area contributed by atoms with Gasteiger partial charge in [-0.05, 0) is 5.56 Å². The molecule has 10 heteroatoms. The maximum absolute atomic E-state index is 12.5. The van der Waals surface area contributed by atoms with Crippen LogP contribution in [0, 0.1) is 0 Å². The third-order valence-corrected chi connectivity index (χ3v) is 4.60. The molecule has 0 bridgehead atoms. The molecule has 3 N–H and O–H groups in total. The number of nitrogens with zero attached hydrogens (tertiary/aromatic N) is 5. The Morgan fingerprint density at radius 1 is 1.29 bits per heavy atom. The Morgan fingerprint density at radius 2 is 2.07 bits per heavy atom. The quantitative estimate of drug-likeness (QED) is 0.644. The lowest BCUT2D eigenvalue weighted by Crippen LogP contribution is -2.39. The van der Waals surface area contributed by atoms with Crippen molar-refractivity contribution in [3.8, 4) is 0 Å². The Bertz CT molecular complexity index is 1050. The van der Waals surface area contributed by atoms with Crippen LogP contribution in [0.25, 0.3) is 0 Å². The third kappa shape index (κ3) is 3.23. The fraction of sp³-hybridized carbons (Fsp3) is 0.333. The summed E-state index contributed by atoms with van der Waals surface area (Å²) in [6.07, 6.45) is -0.0951. The molecule has 146 valence electrons. The van der Waals surface area contributed by atoms with Crippen molar-refractivity contribution in [1.82, 2.24) is 24.6 Å². The summed E-state index contributed by atoms with van der Waals surface area (Å²) in [5.74, 6) is 1.57. The fourth-order valence-electron chi connectivity index (χ4n) is 3.06. The van der Waals surface area contributed by atoms with Crippen LogP contribution in [0.1, 0.15) is 29.2 Å². The number of aliphatic imine (C=N–C) groups is 1.